The van der Waals surface area contributed by atoms with Crippen molar-refractivity contribution in [2.45, 2.75) is 57.2 Å². The quantitative estimate of drug-likeness (QED) is 0.855. The Balaban J connectivity index is 1.28. The van der Waals surface area contributed by atoms with E-state index >= 15 is 0 Å². The second kappa shape index (κ2) is 7.54. The molecule has 3 aliphatic rings. The third kappa shape index (κ3) is 3.69. The van der Waals surface area contributed by atoms with Crippen LogP contribution < -0.4 is 0 Å². The van der Waals surface area contributed by atoms with Crippen LogP contribution in [0.1, 0.15) is 53.3 Å². The number of carbonyl (C=O) groups excluding carboxylic acids is 1. The molecule has 2 aromatic rings. The normalized spacial score (nSPS) is 24.8. The molecule has 3 aliphatic heterocycles. The molecule has 29 heavy (non-hydrogen) atoms. The van der Waals surface area contributed by atoms with E-state index in [1.165, 1.54) is 11.1 Å². The van der Waals surface area contributed by atoms with Gasteiger partial charge in [0.2, 0.25) is 5.82 Å². The SMILES string of the molecule is O=C(c1nnc2n1CCCC2)N1CCCC(O)(CN2CCc3ccccc3C2)C1. The first-order valence-electron chi connectivity index (χ1n) is 10.8. The maximum absolute atomic E-state index is 13.2. The van der Waals surface area contributed by atoms with Crippen molar-refractivity contribution in [3.05, 3.63) is 47.0 Å². The van der Waals surface area contributed by atoms with Crippen LogP contribution in [0.4, 0.5) is 0 Å². The second-order valence-corrected chi connectivity index (χ2v) is 8.83. The molecule has 7 nitrogen and oxygen atoms in total. The predicted octanol–water partition coefficient (Wildman–Crippen LogP) is 1.64. The van der Waals surface area contributed by atoms with E-state index in [-0.39, 0.29) is 5.91 Å². The summed E-state index contributed by atoms with van der Waals surface area (Å²) in [7, 11) is 0. The Kier molecular flexibility index (Phi) is 4.87. The van der Waals surface area contributed by atoms with Crippen LogP contribution in [-0.2, 0) is 25.9 Å². The maximum Gasteiger partial charge on any atom is 0.291 e. The van der Waals surface area contributed by atoms with Gasteiger partial charge in [0.15, 0.2) is 0 Å². The third-order valence-electron chi connectivity index (χ3n) is 6.62. The Hall–Kier alpha value is -2.25. The number of fused-ring (bicyclic) bond motifs is 2. The number of piperidine rings is 1. The Morgan fingerprint density at radius 1 is 1.03 bits per heavy atom. The molecule has 7 heteroatoms. The predicted molar refractivity (Wildman–Crippen MR) is 108 cm³/mol. The smallest absolute Gasteiger partial charge is 0.291 e. The van der Waals surface area contributed by atoms with Crippen molar-refractivity contribution in [3.8, 4) is 0 Å². The van der Waals surface area contributed by atoms with Gasteiger partial charge in [-0.05, 0) is 43.2 Å². The molecule has 0 saturated carbocycles. The van der Waals surface area contributed by atoms with E-state index in [9.17, 15) is 9.90 Å². The monoisotopic (exact) mass is 395 g/mol. The molecule has 1 amide bonds. The van der Waals surface area contributed by atoms with Crippen LogP contribution in [0.2, 0.25) is 0 Å². The molecule has 1 atom stereocenters. The highest BCUT2D eigenvalue weighted by molar-refractivity contribution is 5.91. The minimum Gasteiger partial charge on any atom is -0.387 e. The fourth-order valence-electron chi connectivity index (χ4n) is 5.13. The lowest BCUT2D eigenvalue weighted by atomic mass is 9.90. The number of β-amino-alcohol motifs (C(OH)–C–C–N with tert-alkyl or cyclic N) is 1. The Bertz CT molecular complexity index is 910. The molecular weight excluding hydrogens is 366 g/mol. The highest BCUT2D eigenvalue weighted by atomic mass is 16.3. The molecule has 1 N–H and O–H groups in total. The minimum absolute atomic E-state index is 0.0900. The molecule has 4 heterocycles. The number of amides is 1. The molecule has 1 unspecified atom stereocenters. The fourth-order valence-corrected chi connectivity index (χ4v) is 5.13. The van der Waals surface area contributed by atoms with Crippen LogP contribution in [0.5, 0.6) is 0 Å². The van der Waals surface area contributed by atoms with Gasteiger partial charge in [0.05, 0.1) is 12.1 Å². The van der Waals surface area contributed by atoms with Gasteiger partial charge in [-0.3, -0.25) is 9.69 Å². The zero-order valence-electron chi connectivity index (χ0n) is 16.9. The molecule has 0 radical (unpaired) electrons. The molecule has 1 aromatic heterocycles. The summed E-state index contributed by atoms with van der Waals surface area (Å²) in [5.74, 6) is 1.27. The van der Waals surface area contributed by atoms with Crippen LogP contribution >= 0.6 is 0 Å². The summed E-state index contributed by atoms with van der Waals surface area (Å²) in [4.78, 5) is 17.3. The van der Waals surface area contributed by atoms with Gasteiger partial charge >= 0.3 is 0 Å². The van der Waals surface area contributed by atoms with Gasteiger partial charge < -0.3 is 14.6 Å². The van der Waals surface area contributed by atoms with Crippen molar-refractivity contribution in [3.63, 3.8) is 0 Å². The van der Waals surface area contributed by atoms with Gasteiger partial charge in [-0.15, -0.1) is 10.2 Å². The highest BCUT2D eigenvalue weighted by Crippen LogP contribution is 2.27. The van der Waals surface area contributed by atoms with Gasteiger partial charge in [-0.2, -0.15) is 0 Å². The zero-order valence-corrected chi connectivity index (χ0v) is 16.9. The molecule has 1 aromatic carbocycles. The van der Waals surface area contributed by atoms with Crippen LogP contribution in [0.25, 0.3) is 0 Å². The van der Waals surface area contributed by atoms with E-state index in [0.29, 0.717) is 25.5 Å². The number of likely N-dealkylation sites (tertiary alicyclic amines) is 1. The lowest BCUT2D eigenvalue weighted by Crippen LogP contribution is -2.56. The summed E-state index contributed by atoms with van der Waals surface area (Å²) < 4.78 is 1.97. The van der Waals surface area contributed by atoms with Crippen LogP contribution in [-0.4, -0.2) is 67.4 Å². The van der Waals surface area contributed by atoms with Crippen molar-refractivity contribution in [2.24, 2.45) is 0 Å². The van der Waals surface area contributed by atoms with Gasteiger partial charge in [0.25, 0.3) is 5.91 Å². The lowest BCUT2D eigenvalue weighted by Gasteiger charge is -2.42. The van der Waals surface area contributed by atoms with E-state index < -0.39 is 5.60 Å². The number of carbonyl (C=O) groups is 1. The van der Waals surface area contributed by atoms with Crippen LogP contribution in [0.15, 0.2) is 24.3 Å². The van der Waals surface area contributed by atoms with Gasteiger partial charge in [0, 0.05) is 39.1 Å². The van der Waals surface area contributed by atoms with E-state index in [1.54, 1.807) is 4.90 Å². The standard InChI is InChI=1S/C22H29N5O2/c28-21(20-24-23-19-8-3-4-12-27(19)20)26-11-5-10-22(29,16-26)15-25-13-9-17-6-1-2-7-18(17)14-25/h1-2,6-7,29H,3-5,8-16H2. The summed E-state index contributed by atoms with van der Waals surface area (Å²) in [6.45, 7) is 4.27. The Morgan fingerprint density at radius 3 is 2.79 bits per heavy atom. The zero-order chi connectivity index (χ0) is 19.8. The van der Waals surface area contributed by atoms with Crippen molar-refractivity contribution < 1.29 is 9.90 Å². The number of aliphatic hydroxyl groups is 1. The molecule has 1 fully saturated rings. The van der Waals surface area contributed by atoms with E-state index in [4.69, 9.17) is 0 Å². The summed E-state index contributed by atoms with van der Waals surface area (Å²) >= 11 is 0. The first kappa shape index (κ1) is 18.8. The first-order valence-corrected chi connectivity index (χ1v) is 10.8. The average Bonchev–Trinajstić information content (AvgIpc) is 3.17. The maximum atomic E-state index is 13.2. The second-order valence-electron chi connectivity index (χ2n) is 8.83. The number of nitrogens with zero attached hydrogens (tertiary/aromatic N) is 5. The van der Waals surface area contributed by atoms with E-state index in [0.717, 1.165) is 64.0 Å². The van der Waals surface area contributed by atoms with Gasteiger partial charge in [-0.25, -0.2) is 0 Å². The summed E-state index contributed by atoms with van der Waals surface area (Å²) in [6, 6.07) is 8.55. The molecule has 1 saturated heterocycles. The molecule has 5 rings (SSSR count). The largest absolute Gasteiger partial charge is 0.387 e. The number of aromatic nitrogens is 3. The fraction of sp³-hybridized carbons (Fsp3) is 0.591. The van der Waals surface area contributed by atoms with Crippen molar-refractivity contribution >= 4 is 5.91 Å². The molecule has 0 aliphatic carbocycles. The van der Waals surface area contributed by atoms with Gasteiger partial charge in [0.1, 0.15) is 5.82 Å². The Labute approximate surface area is 171 Å². The summed E-state index contributed by atoms with van der Waals surface area (Å²) in [6.07, 6.45) is 5.61. The molecule has 154 valence electrons. The number of hydrogen-bond acceptors (Lipinski definition) is 5. The number of aryl methyl sites for hydroxylation is 1. The Morgan fingerprint density at radius 2 is 1.90 bits per heavy atom. The highest BCUT2D eigenvalue weighted by Gasteiger charge is 2.38. The third-order valence-corrected chi connectivity index (χ3v) is 6.62. The molecular formula is C22H29N5O2. The first-order chi connectivity index (χ1) is 14.1. The summed E-state index contributed by atoms with van der Waals surface area (Å²) in [5.41, 5.74) is 1.89. The number of rotatable bonds is 3. The number of benzene rings is 1. The van der Waals surface area contributed by atoms with E-state index in [2.05, 4.69) is 39.4 Å². The molecule has 0 spiro atoms. The van der Waals surface area contributed by atoms with Crippen molar-refractivity contribution in [2.75, 3.05) is 26.2 Å². The summed E-state index contributed by atoms with van der Waals surface area (Å²) in [5, 5.41) is 19.8. The lowest BCUT2D eigenvalue weighted by molar-refractivity contribution is -0.0492. The van der Waals surface area contributed by atoms with Crippen LogP contribution in [0, 0.1) is 0 Å². The van der Waals surface area contributed by atoms with Gasteiger partial charge in [-0.1, -0.05) is 24.3 Å². The van der Waals surface area contributed by atoms with Crippen molar-refractivity contribution in [1.82, 2.24) is 24.6 Å². The minimum atomic E-state index is -0.870. The van der Waals surface area contributed by atoms with Crippen LogP contribution in [0.3, 0.4) is 0 Å². The number of hydrogen-bond donors (Lipinski definition) is 1. The molecule has 0 bridgehead atoms. The topological polar surface area (TPSA) is 74.5 Å². The van der Waals surface area contributed by atoms with Crippen molar-refractivity contribution in [1.29, 1.82) is 0 Å². The average molecular weight is 396 g/mol. The van der Waals surface area contributed by atoms with E-state index in [1.807, 2.05) is 4.57 Å².